The Labute approximate surface area is 309 Å². The molecular weight excluding hydrogens is 717 g/mol. The molecule has 0 radical (unpaired) electrons. The summed E-state index contributed by atoms with van der Waals surface area (Å²) < 4.78 is 102. The van der Waals surface area contributed by atoms with Gasteiger partial charge in [0.05, 0.1) is 9.79 Å². The van der Waals surface area contributed by atoms with E-state index < -0.39 is 38.9 Å². The van der Waals surface area contributed by atoms with Gasteiger partial charge in [-0.1, -0.05) is 36.4 Å². The van der Waals surface area contributed by atoms with E-state index >= 15 is 0 Å². The number of hydrogen-bond acceptors (Lipinski definition) is 9. The number of hydrogen-bond donors (Lipinski definition) is 0. The minimum atomic E-state index is -4.69. The summed E-state index contributed by atoms with van der Waals surface area (Å²) >= 11 is -2.83. The van der Waals surface area contributed by atoms with Crippen LogP contribution in [0.25, 0.3) is 0 Å². The van der Waals surface area contributed by atoms with E-state index in [2.05, 4.69) is 4.74 Å². The number of rotatable bonds is 4. The van der Waals surface area contributed by atoms with Crippen LogP contribution < -0.4 is 34.3 Å². The third-order valence-electron chi connectivity index (χ3n) is 6.99. The van der Waals surface area contributed by atoms with Crippen LogP contribution in [0.3, 0.4) is 0 Å². The van der Waals surface area contributed by atoms with Crippen LogP contribution in [-0.2, 0) is 45.3 Å². The van der Waals surface area contributed by atoms with Crippen molar-refractivity contribution in [2.45, 2.75) is 59.6 Å². The second-order valence-electron chi connectivity index (χ2n) is 10.2. The molecule has 2 aliphatic carbocycles. The van der Waals surface area contributed by atoms with Crippen molar-refractivity contribution >= 4 is 44.1 Å². The van der Waals surface area contributed by atoms with E-state index in [1.165, 1.54) is 24.3 Å². The molecule has 0 aromatic heterocycles. The van der Waals surface area contributed by atoms with E-state index in [0.29, 0.717) is 47.3 Å². The first-order chi connectivity index (χ1) is 22.8. The average molecular weight is 745 g/mol. The van der Waals surface area contributed by atoms with E-state index in [1.807, 2.05) is 0 Å². The normalized spacial score (nSPS) is 13.9. The third kappa shape index (κ3) is 12.8. The number of halogens is 3. The second kappa shape index (κ2) is 19.8. The summed E-state index contributed by atoms with van der Waals surface area (Å²) in [7, 11) is -3.50. The maximum atomic E-state index is 12.5. The number of sulfone groups is 1. The number of benzene rings is 4. The van der Waals surface area contributed by atoms with Crippen molar-refractivity contribution in [3.05, 3.63) is 119 Å². The number of ether oxygens (including phenoxy) is 1. The molecule has 4 aromatic carbocycles. The zero-order valence-corrected chi connectivity index (χ0v) is 30.5. The fourth-order valence-electron chi connectivity index (χ4n) is 4.88. The summed E-state index contributed by atoms with van der Waals surface area (Å²) in [5.74, 6) is -0.171. The molecule has 0 amide bonds. The Morgan fingerprint density at radius 3 is 1.63 bits per heavy atom. The van der Waals surface area contributed by atoms with Gasteiger partial charge in [-0.3, -0.25) is 13.8 Å². The van der Waals surface area contributed by atoms with Crippen molar-refractivity contribution in [2.24, 2.45) is 0 Å². The third-order valence-corrected chi connectivity index (χ3v) is 9.41. The molecule has 0 heterocycles. The second-order valence-corrected chi connectivity index (χ2v) is 13.2. The Morgan fingerprint density at radius 1 is 0.694 bits per heavy atom. The predicted molar refractivity (Wildman–Crippen MR) is 169 cm³/mol. The Hall–Kier alpha value is -3.31. The van der Waals surface area contributed by atoms with E-state index in [9.17, 15) is 39.9 Å². The number of alkyl halides is 3. The fourth-order valence-corrected chi connectivity index (χ4v) is 6.59. The molecule has 0 N–H and O–H groups in total. The van der Waals surface area contributed by atoms with Crippen LogP contribution in [0.4, 0.5) is 13.2 Å². The fraction of sp³-hybridized carbons (Fsp3) is 0.212. The Kier molecular flexibility index (Phi) is 16.9. The maximum Gasteiger partial charge on any atom is 1.00 e. The Bertz CT molecular complexity index is 1900. The number of carbonyl (C=O) groups is 2. The van der Waals surface area contributed by atoms with Gasteiger partial charge in [-0.15, -0.1) is 13.2 Å². The first-order valence-corrected chi connectivity index (χ1v) is 17.4. The van der Waals surface area contributed by atoms with Gasteiger partial charge in [-0.05, 0) is 109 Å². The van der Waals surface area contributed by atoms with Crippen LogP contribution in [-0.4, -0.2) is 43.5 Å². The SMILES string of the molecule is O=C1CCCc2cc(OC(F)(F)F)ccc21.O=C1CCCc2cc(S(=O)(=O)c3ccccc3)ccc21.O=S([O-])c1ccccc1.O=S=O.[Na+]. The van der Waals surface area contributed by atoms with Crippen molar-refractivity contribution in [2.75, 3.05) is 0 Å². The maximum absolute atomic E-state index is 12.5. The summed E-state index contributed by atoms with van der Waals surface area (Å²) in [4.78, 5) is 24.1. The largest absolute Gasteiger partial charge is 1.00 e. The minimum Gasteiger partial charge on any atom is -0.768 e. The summed E-state index contributed by atoms with van der Waals surface area (Å²) in [6.45, 7) is 0. The predicted octanol–water partition coefficient (Wildman–Crippen LogP) is 3.40. The van der Waals surface area contributed by atoms with Crippen LogP contribution in [0, 0.1) is 0 Å². The van der Waals surface area contributed by atoms with Crippen molar-refractivity contribution in [3.63, 3.8) is 0 Å². The van der Waals surface area contributed by atoms with Crippen LogP contribution in [0.1, 0.15) is 57.5 Å². The number of carbonyl (C=O) groups excluding carboxylic acids is 2. The molecule has 1 unspecified atom stereocenters. The molecule has 254 valence electrons. The molecule has 16 heteroatoms. The first-order valence-electron chi connectivity index (χ1n) is 14.2. The molecule has 0 spiro atoms. The summed E-state index contributed by atoms with van der Waals surface area (Å²) in [5.41, 5.74) is 2.67. The molecule has 1 atom stereocenters. The van der Waals surface area contributed by atoms with Gasteiger partial charge in [0, 0.05) is 28.9 Å². The van der Waals surface area contributed by atoms with E-state index in [4.69, 9.17) is 8.42 Å². The van der Waals surface area contributed by atoms with Crippen LogP contribution in [0.2, 0.25) is 0 Å². The zero-order chi connectivity index (χ0) is 35.3. The molecular formula is C33H28F3NaO9S3. The molecule has 0 bridgehead atoms. The van der Waals surface area contributed by atoms with Gasteiger partial charge < -0.3 is 9.29 Å². The van der Waals surface area contributed by atoms with Gasteiger partial charge in [-0.25, -0.2) is 8.42 Å². The molecule has 2 aliphatic rings. The number of fused-ring (bicyclic) bond motifs is 2. The van der Waals surface area contributed by atoms with Crippen molar-refractivity contribution < 1.29 is 82.7 Å². The monoisotopic (exact) mass is 744 g/mol. The standard InChI is InChI=1S/C16H14O3S.C11H9F3O2.C6H6O2S.Na.O2S/c17-16-8-4-5-12-11-14(9-10-15(12)16)20(18,19)13-6-2-1-3-7-13;12-11(13,14)16-8-4-5-9-7(6-8)2-1-3-10(9)15;7-9(8)6-4-2-1-3-5-6;;1-3-2/h1-3,6-7,9-11H,4-5,8H2;4-6H,1-3H2;1-5H,(H,7,8);;/q;;;+1;/p-1. The van der Waals surface area contributed by atoms with E-state index in [-0.39, 0.29) is 56.7 Å². The van der Waals surface area contributed by atoms with Crippen molar-refractivity contribution in [3.8, 4) is 5.75 Å². The molecule has 0 aliphatic heterocycles. The smallest absolute Gasteiger partial charge is 0.768 e. The summed E-state index contributed by atoms with van der Waals surface area (Å²) in [6.07, 6.45) is -0.811. The number of aryl methyl sites for hydroxylation is 2. The topological polar surface area (TPSA) is 152 Å². The molecule has 0 saturated carbocycles. The van der Waals surface area contributed by atoms with E-state index in [0.717, 1.165) is 18.4 Å². The van der Waals surface area contributed by atoms with Crippen molar-refractivity contribution in [1.82, 2.24) is 0 Å². The Morgan fingerprint density at radius 2 is 1.16 bits per heavy atom. The van der Waals surface area contributed by atoms with Crippen molar-refractivity contribution in [1.29, 1.82) is 0 Å². The zero-order valence-electron chi connectivity index (χ0n) is 26.0. The van der Waals surface area contributed by atoms with Gasteiger partial charge in [0.2, 0.25) is 9.84 Å². The molecule has 0 saturated heterocycles. The molecule has 0 fully saturated rings. The van der Waals surface area contributed by atoms with Gasteiger partial charge >= 0.3 is 47.5 Å². The average Bonchev–Trinajstić information content (AvgIpc) is 3.06. The Balaban J connectivity index is 0.000000257. The van der Waals surface area contributed by atoms with E-state index in [1.54, 1.807) is 72.8 Å². The summed E-state index contributed by atoms with van der Waals surface area (Å²) in [5, 5.41) is 0. The van der Waals surface area contributed by atoms with Crippen LogP contribution in [0.5, 0.6) is 5.75 Å². The minimum absolute atomic E-state index is 0. The number of Topliss-reactive ketones (excluding diaryl/α,β-unsaturated/α-hetero) is 2. The molecule has 4 aromatic rings. The van der Waals surface area contributed by atoms with Gasteiger partial charge in [0.25, 0.3) is 0 Å². The quantitative estimate of drug-likeness (QED) is 0.226. The molecule has 49 heavy (non-hydrogen) atoms. The first kappa shape index (κ1) is 41.9. The molecule has 6 rings (SSSR count). The van der Waals surface area contributed by atoms with Gasteiger partial charge in [-0.2, -0.15) is 8.42 Å². The van der Waals surface area contributed by atoms with Crippen LogP contribution in [0.15, 0.2) is 112 Å². The van der Waals surface area contributed by atoms with Gasteiger partial charge in [0.1, 0.15) is 5.75 Å². The molecule has 9 nitrogen and oxygen atoms in total. The van der Waals surface area contributed by atoms with Crippen LogP contribution >= 0.6 is 0 Å². The van der Waals surface area contributed by atoms with Gasteiger partial charge in [0.15, 0.2) is 11.6 Å². The number of ketones is 2. The summed E-state index contributed by atoms with van der Waals surface area (Å²) in [6, 6.07) is 25.3.